The topological polar surface area (TPSA) is 46.5 Å². The summed E-state index contributed by atoms with van der Waals surface area (Å²) in [4.78, 5) is 11.6. The highest BCUT2D eigenvalue weighted by Gasteiger charge is 2.21. The summed E-state index contributed by atoms with van der Waals surface area (Å²) < 4.78 is 4.85. The number of ether oxygens (including phenoxy) is 1. The maximum atomic E-state index is 11.6. The Morgan fingerprint density at radius 3 is 2.35 bits per heavy atom. The van der Waals surface area contributed by atoms with Crippen molar-refractivity contribution in [1.29, 1.82) is 0 Å². The van der Waals surface area contributed by atoms with Gasteiger partial charge in [0.25, 0.3) is 0 Å². The molecule has 1 aromatic carbocycles. The lowest BCUT2D eigenvalue weighted by Crippen LogP contribution is -2.21. The molecular formula is C17H26O3. The van der Waals surface area contributed by atoms with Gasteiger partial charge >= 0.3 is 5.97 Å². The molecule has 1 rings (SSSR count). The summed E-state index contributed by atoms with van der Waals surface area (Å²) in [6.07, 6.45) is 5.19. The fraction of sp³-hybridized carbons (Fsp3) is 0.588. The average Bonchev–Trinajstić information content (AvgIpc) is 2.43. The van der Waals surface area contributed by atoms with E-state index in [2.05, 4.69) is 13.8 Å². The van der Waals surface area contributed by atoms with Gasteiger partial charge in [-0.25, -0.2) is 0 Å². The minimum atomic E-state index is -0.0847. The van der Waals surface area contributed by atoms with Crippen molar-refractivity contribution >= 4 is 5.97 Å². The van der Waals surface area contributed by atoms with E-state index >= 15 is 0 Å². The van der Waals surface area contributed by atoms with Gasteiger partial charge in [-0.15, -0.1) is 0 Å². The van der Waals surface area contributed by atoms with Crippen molar-refractivity contribution < 1.29 is 14.6 Å². The SMILES string of the molecule is COC(=O)C(CCCCCc1ccc(O)cc1)C(C)C. The van der Waals surface area contributed by atoms with Crippen LogP contribution in [0.4, 0.5) is 0 Å². The van der Waals surface area contributed by atoms with E-state index in [1.165, 1.54) is 12.7 Å². The number of methoxy groups -OCH3 is 1. The Balaban J connectivity index is 2.23. The van der Waals surface area contributed by atoms with Crippen LogP contribution in [0.5, 0.6) is 5.75 Å². The highest BCUT2D eigenvalue weighted by Crippen LogP contribution is 2.21. The van der Waals surface area contributed by atoms with Crippen LogP contribution in [0.3, 0.4) is 0 Å². The van der Waals surface area contributed by atoms with Gasteiger partial charge in [-0.2, -0.15) is 0 Å². The van der Waals surface area contributed by atoms with Gasteiger partial charge in [-0.3, -0.25) is 4.79 Å². The van der Waals surface area contributed by atoms with Crippen molar-refractivity contribution in [3.05, 3.63) is 29.8 Å². The first-order valence-electron chi connectivity index (χ1n) is 7.40. The first-order chi connectivity index (χ1) is 9.54. The molecule has 0 saturated heterocycles. The number of esters is 1. The average molecular weight is 278 g/mol. The molecule has 0 fully saturated rings. The Kier molecular flexibility index (Phi) is 7.13. The lowest BCUT2D eigenvalue weighted by Gasteiger charge is -2.17. The molecule has 1 atom stereocenters. The van der Waals surface area contributed by atoms with Crippen molar-refractivity contribution in [1.82, 2.24) is 0 Å². The van der Waals surface area contributed by atoms with Gasteiger partial charge in [0, 0.05) is 0 Å². The van der Waals surface area contributed by atoms with E-state index in [9.17, 15) is 9.90 Å². The van der Waals surface area contributed by atoms with E-state index in [1.807, 2.05) is 12.1 Å². The number of benzene rings is 1. The monoisotopic (exact) mass is 278 g/mol. The second kappa shape index (κ2) is 8.62. The summed E-state index contributed by atoms with van der Waals surface area (Å²) in [6.45, 7) is 4.13. The zero-order valence-electron chi connectivity index (χ0n) is 12.8. The molecule has 0 aliphatic rings. The van der Waals surface area contributed by atoms with Gasteiger partial charge in [-0.05, 0) is 42.9 Å². The van der Waals surface area contributed by atoms with E-state index in [0.29, 0.717) is 11.7 Å². The van der Waals surface area contributed by atoms with Gasteiger partial charge in [0.15, 0.2) is 0 Å². The summed E-state index contributed by atoms with van der Waals surface area (Å²) in [5.74, 6) is 0.582. The summed E-state index contributed by atoms with van der Waals surface area (Å²) >= 11 is 0. The third-order valence-corrected chi connectivity index (χ3v) is 3.73. The molecule has 0 bridgehead atoms. The van der Waals surface area contributed by atoms with Crippen molar-refractivity contribution in [2.24, 2.45) is 11.8 Å². The summed E-state index contributed by atoms with van der Waals surface area (Å²) in [5.41, 5.74) is 1.25. The molecule has 1 unspecified atom stereocenters. The van der Waals surface area contributed by atoms with E-state index in [1.54, 1.807) is 12.1 Å². The van der Waals surface area contributed by atoms with Crippen LogP contribution in [0.1, 0.15) is 45.1 Å². The Morgan fingerprint density at radius 1 is 1.15 bits per heavy atom. The molecule has 112 valence electrons. The smallest absolute Gasteiger partial charge is 0.308 e. The fourth-order valence-electron chi connectivity index (χ4n) is 2.41. The van der Waals surface area contributed by atoms with Crippen LogP contribution in [-0.2, 0) is 16.0 Å². The van der Waals surface area contributed by atoms with Crippen LogP contribution in [0.2, 0.25) is 0 Å². The second-order valence-corrected chi connectivity index (χ2v) is 5.64. The normalized spacial score (nSPS) is 12.4. The molecule has 3 nitrogen and oxygen atoms in total. The standard InChI is InChI=1S/C17H26O3/c1-13(2)16(17(19)20-3)8-6-4-5-7-14-9-11-15(18)12-10-14/h9-13,16,18H,4-8H2,1-3H3. The van der Waals surface area contributed by atoms with E-state index in [0.717, 1.165) is 32.1 Å². The molecule has 0 spiro atoms. The largest absolute Gasteiger partial charge is 0.508 e. The molecule has 0 radical (unpaired) electrons. The van der Waals surface area contributed by atoms with Crippen molar-refractivity contribution in [2.45, 2.75) is 46.0 Å². The van der Waals surface area contributed by atoms with Gasteiger partial charge in [-0.1, -0.05) is 38.8 Å². The summed E-state index contributed by atoms with van der Waals surface area (Å²) in [7, 11) is 1.46. The van der Waals surface area contributed by atoms with E-state index in [-0.39, 0.29) is 11.9 Å². The zero-order chi connectivity index (χ0) is 15.0. The maximum absolute atomic E-state index is 11.6. The van der Waals surface area contributed by atoms with E-state index < -0.39 is 0 Å². The van der Waals surface area contributed by atoms with Gasteiger partial charge in [0.2, 0.25) is 0 Å². The van der Waals surface area contributed by atoms with Crippen LogP contribution < -0.4 is 0 Å². The Labute approximate surface area is 122 Å². The first-order valence-corrected chi connectivity index (χ1v) is 7.40. The summed E-state index contributed by atoms with van der Waals surface area (Å²) in [5, 5.41) is 9.21. The number of aryl methyl sites for hydroxylation is 1. The minimum absolute atomic E-state index is 0.0219. The number of phenolic OH excluding ortho intramolecular Hbond substituents is 1. The third-order valence-electron chi connectivity index (χ3n) is 3.73. The molecule has 0 amide bonds. The number of rotatable bonds is 8. The van der Waals surface area contributed by atoms with Gasteiger partial charge in [0.05, 0.1) is 13.0 Å². The van der Waals surface area contributed by atoms with Crippen LogP contribution in [0.25, 0.3) is 0 Å². The third kappa shape index (κ3) is 5.64. The van der Waals surface area contributed by atoms with Crippen molar-refractivity contribution in [2.75, 3.05) is 7.11 Å². The Hall–Kier alpha value is -1.51. The maximum Gasteiger partial charge on any atom is 0.308 e. The molecule has 1 N–H and O–H groups in total. The summed E-state index contributed by atoms with van der Waals surface area (Å²) in [6, 6.07) is 7.37. The number of hydrogen-bond donors (Lipinski definition) is 1. The Morgan fingerprint density at radius 2 is 1.80 bits per heavy atom. The van der Waals surface area contributed by atoms with Crippen LogP contribution in [0.15, 0.2) is 24.3 Å². The number of unbranched alkanes of at least 4 members (excludes halogenated alkanes) is 2. The van der Waals surface area contributed by atoms with Crippen LogP contribution in [-0.4, -0.2) is 18.2 Å². The molecule has 1 aromatic rings. The fourth-order valence-corrected chi connectivity index (χ4v) is 2.41. The predicted octanol–water partition coefficient (Wildman–Crippen LogP) is 3.94. The Bertz CT molecular complexity index is 395. The van der Waals surface area contributed by atoms with Crippen LogP contribution >= 0.6 is 0 Å². The molecule has 0 aliphatic carbocycles. The lowest BCUT2D eigenvalue weighted by molar-refractivity contribution is -0.147. The highest BCUT2D eigenvalue weighted by molar-refractivity contribution is 5.72. The molecule has 0 aliphatic heterocycles. The van der Waals surface area contributed by atoms with Crippen molar-refractivity contribution in [3.63, 3.8) is 0 Å². The van der Waals surface area contributed by atoms with Gasteiger partial charge in [0.1, 0.15) is 5.75 Å². The molecule has 0 heterocycles. The first kappa shape index (κ1) is 16.5. The predicted molar refractivity (Wildman–Crippen MR) is 80.6 cm³/mol. The number of aromatic hydroxyl groups is 1. The highest BCUT2D eigenvalue weighted by atomic mass is 16.5. The molecule has 3 heteroatoms. The second-order valence-electron chi connectivity index (χ2n) is 5.64. The number of carbonyl (C=O) groups excluding carboxylic acids is 1. The molecular weight excluding hydrogens is 252 g/mol. The van der Waals surface area contributed by atoms with Gasteiger partial charge < -0.3 is 9.84 Å². The number of hydrogen-bond acceptors (Lipinski definition) is 3. The minimum Gasteiger partial charge on any atom is -0.508 e. The molecule has 0 saturated carbocycles. The van der Waals surface area contributed by atoms with E-state index in [4.69, 9.17) is 4.74 Å². The van der Waals surface area contributed by atoms with Crippen LogP contribution in [0, 0.1) is 11.8 Å². The van der Waals surface area contributed by atoms with Crippen molar-refractivity contribution in [3.8, 4) is 5.75 Å². The quantitative estimate of drug-likeness (QED) is 0.578. The lowest BCUT2D eigenvalue weighted by atomic mass is 9.90. The molecule has 0 aromatic heterocycles. The number of phenols is 1. The number of carbonyl (C=O) groups is 1. The molecule has 20 heavy (non-hydrogen) atoms. The zero-order valence-corrected chi connectivity index (χ0v) is 12.8.